The smallest absolute Gasteiger partial charge is 0.378 e. The summed E-state index contributed by atoms with van der Waals surface area (Å²) in [6.45, 7) is -0.0249. The van der Waals surface area contributed by atoms with Crippen LogP contribution in [0.1, 0.15) is 19.3 Å². The zero-order valence-corrected chi connectivity index (χ0v) is 9.48. The molecule has 1 unspecified atom stereocenters. The molecule has 1 aliphatic rings. The average Bonchev–Trinajstić information content (AvgIpc) is 2.73. The third-order valence-corrected chi connectivity index (χ3v) is 2.44. The molecule has 1 fully saturated rings. The van der Waals surface area contributed by atoms with E-state index in [1.165, 1.54) is 0 Å². The second-order valence-electron chi connectivity index (χ2n) is 3.99. The average molecular weight is 254 g/mol. The Labute approximate surface area is 97.9 Å². The molecule has 0 bridgehead atoms. The van der Waals surface area contributed by atoms with Crippen LogP contribution in [0.4, 0.5) is 13.2 Å². The van der Waals surface area contributed by atoms with Crippen molar-refractivity contribution in [2.45, 2.75) is 31.5 Å². The highest BCUT2D eigenvalue weighted by Gasteiger charge is 2.27. The number of halogens is 3. The van der Waals surface area contributed by atoms with Gasteiger partial charge in [-0.05, 0) is 25.8 Å². The minimum absolute atomic E-state index is 0.0944. The number of alkyl halides is 3. The molecule has 1 rings (SSSR count). The monoisotopic (exact) mass is 254 g/mol. The summed E-state index contributed by atoms with van der Waals surface area (Å²) >= 11 is 0. The Morgan fingerprint density at radius 1 is 1.41 bits per heavy atom. The number of carbonyl (C=O) groups excluding carboxylic acids is 1. The molecule has 1 amide bonds. The Bertz CT molecular complexity index is 240. The fourth-order valence-electron chi connectivity index (χ4n) is 1.60. The maximum absolute atomic E-state index is 11.8. The largest absolute Gasteiger partial charge is 0.405 e. The molecule has 0 radical (unpaired) electrons. The van der Waals surface area contributed by atoms with Crippen LogP contribution < -0.4 is 10.6 Å². The number of hydrogen-bond donors (Lipinski definition) is 2. The van der Waals surface area contributed by atoms with Gasteiger partial charge in [-0.3, -0.25) is 4.79 Å². The van der Waals surface area contributed by atoms with Gasteiger partial charge >= 0.3 is 6.18 Å². The van der Waals surface area contributed by atoms with E-state index in [4.69, 9.17) is 4.74 Å². The number of nitrogens with one attached hydrogen (secondary N) is 2. The Balaban J connectivity index is 1.96. The van der Waals surface area contributed by atoms with Gasteiger partial charge in [-0.1, -0.05) is 0 Å². The van der Waals surface area contributed by atoms with Crippen molar-refractivity contribution in [1.82, 2.24) is 10.6 Å². The number of carbonyl (C=O) groups is 1. The summed E-state index contributed by atoms with van der Waals surface area (Å²) in [6, 6.07) is 0. The summed E-state index contributed by atoms with van der Waals surface area (Å²) in [7, 11) is 0. The number of ether oxygens (including phenoxy) is 1. The van der Waals surface area contributed by atoms with Crippen molar-refractivity contribution in [2.24, 2.45) is 0 Å². The Kier molecular flexibility index (Phi) is 5.70. The maximum Gasteiger partial charge on any atom is 0.405 e. The first-order chi connectivity index (χ1) is 7.97. The first-order valence-corrected chi connectivity index (χ1v) is 5.63. The molecule has 0 aromatic rings. The molecule has 4 nitrogen and oxygen atoms in total. The molecule has 1 heterocycles. The quantitative estimate of drug-likeness (QED) is 0.690. The number of hydrogen-bond acceptors (Lipinski definition) is 3. The van der Waals surface area contributed by atoms with Gasteiger partial charge in [0, 0.05) is 6.61 Å². The lowest BCUT2D eigenvalue weighted by Crippen LogP contribution is -2.39. The van der Waals surface area contributed by atoms with Crippen molar-refractivity contribution in [1.29, 1.82) is 0 Å². The van der Waals surface area contributed by atoms with Crippen LogP contribution in [0, 0.1) is 0 Å². The summed E-state index contributed by atoms with van der Waals surface area (Å²) < 4.78 is 40.6. The molecule has 1 aliphatic heterocycles. The molecule has 0 spiro atoms. The fourth-order valence-corrected chi connectivity index (χ4v) is 1.60. The molecule has 0 saturated carbocycles. The summed E-state index contributed by atoms with van der Waals surface area (Å²) in [5.41, 5.74) is 0. The maximum atomic E-state index is 11.8. The van der Waals surface area contributed by atoms with Crippen LogP contribution in [0.15, 0.2) is 0 Å². The second kappa shape index (κ2) is 6.80. The van der Waals surface area contributed by atoms with Gasteiger partial charge in [-0.2, -0.15) is 13.2 Å². The van der Waals surface area contributed by atoms with Crippen LogP contribution in [-0.2, 0) is 9.53 Å². The predicted octanol–water partition coefficient (Wildman–Crippen LogP) is 0.824. The summed E-state index contributed by atoms with van der Waals surface area (Å²) in [5, 5.41) is 4.58. The van der Waals surface area contributed by atoms with Crippen molar-refractivity contribution in [2.75, 3.05) is 26.2 Å². The molecule has 100 valence electrons. The number of amides is 1. The zero-order chi connectivity index (χ0) is 12.7. The van der Waals surface area contributed by atoms with Crippen LogP contribution in [0.25, 0.3) is 0 Å². The van der Waals surface area contributed by atoms with E-state index in [2.05, 4.69) is 5.32 Å². The van der Waals surface area contributed by atoms with Crippen molar-refractivity contribution in [3.8, 4) is 0 Å². The van der Waals surface area contributed by atoms with Gasteiger partial charge in [-0.15, -0.1) is 0 Å². The van der Waals surface area contributed by atoms with Gasteiger partial charge in [0.25, 0.3) is 0 Å². The molecule has 17 heavy (non-hydrogen) atoms. The predicted molar refractivity (Wildman–Crippen MR) is 55.5 cm³/mol. The SMILES string of the molecule is O=C(CNCCC1CCCO1)NCC(F)(F)F. The molecule has 0 aliphatic carbocycles. The molecule has 7 heteroatoms. The topological polar surface area (TPSA) is 50.4 Å². The Morgan fingerprint density at radius 2 is 2.18 bits per heavy atom. The summed E-state index contributed by atoms with van der Waals surface area (Å²) in [6.07, 6.45) is -1.28. The van der Waals surface area contributed by atoms with Crippen molar-refractivity contribution in [3.05, 3.63) is 0 Å². The third-order valence-electron chi connectivity index (χ3n) is 2.44. The minimum Gasteiger partial charge on any atom is -0.378 e. The standard InChI is InChI=1S/C10H17F3N2O2/c11-10(12,13)7-15-9(16)6-14-4-3-8-2-1-5-17-8/h8,14H,1-7H2,(H,15,16). The van der Waals surface area contributed by atoms with Crippen molar-refractivity contribution < 1.29 is 22.7 Å². The zero-order valence-electron chi connectivity index (χ0n) is 9.48. The minimum atomic E-state index is -4.35. The van der Waals surface area contributed by atoms with Crippen LogP contribution in [0.5, 0.6) is 0 Å². The lowest BCUT2D eigenvalue weighted by Gasteiger charge is -2.11. The van der Waals surface area contributed by atoms with Crippen LogP contribution in [0.2, 0.25) is 0 Å². The molecule has 1 atom stereocenters. The van der Waals surface area contributed by atoms with Crippen LogP contribution >= 0.6 is 0 Å². The van der Waals surface area contributed by atoms with Gasteiger partial charge in [0.2, 0.25) is 5.91 Å². The Hall–Kier alpha value is -0.820. The van der Waals surface area contributed by atoms with Crippen molar-refractivity contribution in [3.63, 3.8) is 0 Å². The van der Waals surface area contributed by atoms with Gasteiger partial charge in [0.15, 0.2) is 0 Å². The molecule has 0 aromatic carbocycles. The molecular weight excluding hydrogens is 237 g/mol. The van der Waals surface area contributed by atoms with E-state index in [-0.39, 0.29) is 12.6 Å². The highest BCUT2D eigenvalue weighted by molar-refractivity contribution is 5.77. The Morgan fingerprint density at radius 3 is 2.76 bits per heavy atom. The molecule has 2 N–H and O–H groups in total. The normalized spacial score (nSPS) is 20.5. The van der Waals surface area contributed by atoms with E-state index < -0.39 is 18.6 Å². The fraction of sp³-hybridized carbons (Fsp3) is 0.900. The first-order valence-electron chi connectivity index (χ1n) is 5.63. The van der Waals surface area contributed by atoms with E-state index in [0.717, 1.165) is 25.9 Å². The van der Waals surface area contributed by atoms with E-state index in [1.54, 1.807) is 5.32 Å². The highest BCUT2D eigenvalue weighted by Crippen LogP contribution is 2.14. The molecule has 1 saturated heterocycles. The van der Waals surface area contributed by atoms with E-state index in [9.17, 15) is 18.0 Å². The number of rotatable bonds is 6. The van der Waals surface area contributed by atoms with E-state index >= 15 is 0 Å². The summed E-state index contributed by atoms with van der Waals surface area (Å²) in [5.74, 6) is -0.644. The first kappa shape index (κ1) is 14.2. The van der Waals surface area contributed by atoms with E-state index in [0.29, 0.717) is 6.54 Å². The van der Waals surface area contributed by atoms with Crippen LogP contribution in [-0.4, -0.2) is 44.4 Å². The summed E-state index contributed by atoms with van der Waals surface area (Å²) in [4.78, 5) is 11.0. The van der Waals surface area contributed by atoms with Gasteiger partial charge in [0.1, 0.15) is 6.54 Å². The second-order valence-corrected chi connectivity index (χ2v) is 3.99. The third kappa shape index (κ3) is 7.17. The lowest BCUT2D eigenvalue weighted by molar-refractivity contribution is -0.137. The molecule has 0 aromatic heterocycles. The molecular formula is C10H17F3N2O2. The highest BCUT2D eigenvalue weighted by atomic mass is 19.4. The van der Waals surface area contributed by atoms with E-state index in [1.807, 2.05) is 0 Å². The van der Waals surface area contributed by atoms with Gasteiger partial charge < -0.3 is 15.4 Å². The van der Waals surface area contributed by atoms with Crippen molar-refractivity contribution >= 4 is 5.91 Å². The van der Waals surface area contributed by atoms with Gasteiger partial charge in [-0.25, -0.2) is 0 Å². The lowest BCUT2D eigenvalue weighted by atomic mass is 10.2. The van der Waals surface area contributed by atoms with Crippen LogP contribution in [0.3, 0.4) is 0 Å². The van der Waals surface area contributed by atoms with Gasteiger partial charge in [0.05, 0.1) is 12.6 Å².